The molecule has 6 nitrogen and oxygen atoms in total. The zero-order chi connectivity index (χ0) is 46.3. The maximum absolute atomic E-state index is 7.25. The molecule has 0 saturated heterocycles. The fourth-order valence-electron chi connectivity index (χ4n) is 10.3. The molecular formula is C62H53N5O. The van der Waals surface area contributed by atoms with Crippen LogP contribution in [0.3, 0.4) is 0 Å². The van der Waals surface area contributed by atoms with Gasteiger partial charge in [-0.25, -0.2) is 4.98 Å². The first-order valence-electron chi connectivity index (χ1n) is 23.6. The van der Waals surface area contributed by atoms with Crippen LogP contribution in [0.15, 0.2) is 200 Å². The van der Waals surface area contributed by atoms with Crippen LogP contribution in [-0.2, 0) is 10.8 Å². The van der Waals surface area contributed by atoms with Gasteiger partial charge in [0.05, 0.1) is 39.1 Å². The highest BCUT2D eigenvalue weighted by atomic mass is 16.5. The first-order chi connectivity index (χ1) is 33.0. The van der Waals surface area contributed by atoms with Crippen LogP contribution >= 0.6 is 0 Å². The highest BCUT2D eigenvalue weighted by Gasteiger charge is 2.33. The van der Waals surface area contributed by atoms with E-state index in [1.54, 1.807) is 0 Å². The predicted octanol–water partition coefficient (Wildman–Crippen LogP) is 16.5. The first kappa shape index (κ1) is 41.3. The van der Waals surface area contributed by atoms with Gasteiger partial charge in [-0.2, -0.15) is 0 Å². The fraction of sp³-hybridized carbons (Fsp3) is 0.145. The number of pyridine rings is 1. The number of hydrogen-bond acceptors (Lipinski definition) is 4. The van der Waals surface area contributed by atoms with Crippen molar-refractivity contribution in [3.05, 3.63) is 211 Å². The summed E-state index contributed by atoms with van der Waals surface area (Å²) in [7, 11) is 0. The van der Waals surface area contributed by atoms with Crippen LogP contribution < -0.4 is 14.5 Å². The largest absolute Gasteiger partial charge is 0.457 e. The molecule has 0 aliphatic carbocycles. The van der Waals surface area contributed by atoms with Gasteiger partial charge < -0.3 is 19.1 Å². The van der Waals surface area contributed by atoms with E-state index in [9.17, 15) is 0 Å². The summed E-state index contributed by atoms with van der Waals surface area (Å²) in [6, 6.07) is 69.9. The number of hydrogen-bond donors (Lipinski definition) is 0. The Bertz CT molecular complexity index is 3590. The van der Waals surface area contributed by atoms with Gasteiger partial charge >= 0.3 is 0 Å². The van der Waals surface area contributed by atoms with Crippen molar-refractivity contribution in [1.29, 1.82) is 0 Å². The molecule has 0 fully saturated rings. The molecule has 1 aliphatic heterocycles. The van der Waals surface area contributed by atoms with E-state index in [0.29, 0.717) is 6.67 Å². The third kappa shape index (κ3) is 6.90. The molecule has 0 bridgehead atoms. The molecule has 4 heterocycles. The zero-order valence-electron chi connectivity index (χ0n) is 39.4. The van der Waals surface area contributed by atoms with Crippen molar-refractivity contribution in [2.45, 2.75) is 52.4 Å². The summed E-state index contributed by atoms with van der Waals surface area (Å²) in [5.41, 5.74) is 17.0. The number of rotatable bonds is 8. The Kier molecular flexibility index (Phi) is 9.59. The third-order valence-corrected chi connectivity index (χ3v) is 13.7. The maximum Gasteiger partial charge on any atom is 0.137 e. The second-order valence-electron chi connectivity index (χ2n) is 20.2. The topological polar surface area (TPSA) is 38.5 Å². The summed E-state index contributed by atoms with van der Waals surface area (Å²) in [6.07, 6.45) is 1.95. The SMILES string of the molecule is CC(C)(C)c1cc(Oc2cc3c4c5c(cccc5n(-c5cc(C(C)(C)C)ccn5)c4c2)n3-c2ccccc2)cc(N2CN(c3c(-c4ccccc4)cccc3-c3ccccc3)c3ccccc32)c1. The zero-order valence-corrected chi connectivity index (χ0v) is 39.4. The van der Waals surface area contributed by atoms with Gasteiger partial charge in [0.15, 0.2) is 0 Å². The molecule has 0 unspecified atom stereocenters. The molecule has 0 spiro atoms. The molecule has 6 heteroatoms. The highest BCUT2D eigenvalue weighted by molar-refractivity contribution is 6.25. The Balaban J connectivity index is 1.02. The van der Waals surface area contributed by atoms with Crippen molar-refractivity contribution >= 4 is 55.6 Å². The predicted molar refractivity (Wildman–Crippen MR) is 283 cm³/mol. The normalized spacial score (nSPS) is 13.0. The lowest BCUT2D eigenvalue weighted by Gasteiger charge is -2.28. The van der Waals surface area contributed by atoms with Crippen LogP contribution in [0.2, 0.25) is 0 Å². The number of ether oxygens (including phenoxy) is 1. The van der Waals surface area contributed by atoms with Crippen molar-refractivity contribution in [3.8, 4) is 45.3 Å². The molecular weight excluding hydrogens is 831 g/mol. The first-order valence-corrected chi connectivity index (χ1v) is 23.6. The monoisotopic (exact) mass is 883 g/mol. The van der Waals surface area contributed by atoms with Gasteiger partial charge in [0.2, 0.25) is 0 Å². The molecule has 12 rings (SSSR count). The number of benzene rings is 8. The van der Waals surface area contributed by atoms with E-state index in [4.69, 9.17) is 9.72 Å². The van der Waals surface area contributed by atoms with Crippen molar-refractivity contribution in [2.24, 2.45) is 0 Å². The molecule has 0 atom stereocenters. The molecule has 332 valence electrons. The molecule has 0 saturated carbocycles. The van der Waals surface area contributed by atoms with Gasteiger partial charge in [-0.1, -0.05) is 157 Å². The number of fused-ring (bicyclic) bond motifs is 1. The van der Waals surface area contributed by atoms with Crippen molar-refractivity contribution in [1.82, 2.24) is 14.1 Å². The summed E-state index contributed by atoms with van der Waals surface area (Å²) in [4.78, 5) is 9.96. The third-order valence-electron chi connectivity index (χ3n) is 13.7. The standard InChI is InChI=1S/C62H53N5O/c1-61(2,3)43-32-33-63-57(36-43)67-54-31-19-30-53-58(54)59-55(66(53)45-24-14-9-15-25-45)38-48(39-56(59)67)68-47-35-44(62(4,5)6)34-46(37-47)64-40-65(52-29-17-16-28-51(52)64)60-49(41-20-10-7-11-21-41)26-18-27-50(60)42-22-12-8-13-23-42/h7-39H,40H2,1-6H3. The molecule has 1 aliphatic rings. The molecule has 8 aromatic carbocycles. The highest BCUT2D eigenvalue weighted by Crippen LogP contribution is 2.51. The van der Waals surface area contributed by atoms with Gasteiger partial charge in [-0.15, -0.1) is 0 Å². The molecule has 3 aromatic heterocycles. The Labute approximate surface area is 398 Å². The maximum atomic E-state index is 7.25. The van der Waals surface area contributed by atoms with E-state index in [1.165, 1.54) is 49.8 Å². The van der Waals surface area contributed by atoms with E-state index in [1.807, 2.05) is 6.20 Å². The van der Waals surface area contributed by atoms with E-state index in [2.05, 4.69) is 255 Å². The second-order valence-corrected chi connectivity index (χ2v) is 20.2. The number of para-hydroxylation sites is 4. The summed E-state index contributed by atoms with van der Waals surface area (Å²) in [5.74, 6) is 2.43. The average Bonchev–Trinajstić information content (AvgIpc) is 4.02. The Hall–Kier alpha value is -8.09. The second kappa shape index (κ2) is 15.8. The van der Waals surface area contributed by atoms with Crippen LogP contribution in [0.5, 0.6) is 11.5 Å². The minimum Gasteiger partial charge on any atom is -0.457 e. The molecule has 0 amide bonds. The van der Waals surface area contributed by atoms with Gasteiger partial charge in [-0.05, 0) is 93.7 Å². The van der Waals surface area contributed by atoms with E-state index < -0.39 is 0 Å². The van der Waals surface area contributed by atoms with Crippen LogP contribution in [0.25, 0.3) is 66.6 Å². The Morgan fingerprint density at radius 2 is 0.956 bits per heavy atom. The summed E-state index contributed by atoms with van der Waals surface area (Å²) < 4.78 is 12.0. The Morgan fingerprint density at radius 3 is 1.59 bits per heavy atom. The van der Waals surface area contributed by atoms with Gasteiger partial charge in [0.1, 0.15) is 24.0 Å². The summed E-state index contributed by atoms with van der Waals surface area (Å²) in [6.45, 7) is 14.2. The quantitative estimate of drug-likeness (QED) is 0.152. The van der Waals surface area contributed by atoms with E-state index in [-0.39, 0.29) is 10.8 Å². The van der Waals surface area contributed by atoms with Gasteiger partial charge in [-0.3, -0.25) is 4.57 Å². The minimum atomic E-state index is -0.166. The van der Waals surface area contributed by atoms with Crippen molar-refractivity contribution in [3.63, 3.8) is 0 Å². The average molecular weight is 884 g/mol. The van der Waals surface area contributed by atoms with Crippen molar-refractivity contribution < 1.29 is 4.74 Å². The lowest BCUT2D eigenvalue weighted by Crippen LogP contribution is -2.25. The lowest BCUT2D eigenvalue weighted by molar-refractivity contribution is 0.479. The molecule has 68 heavy (non-hydrogen) atoms. The Morgan fingerprint density at radius 1 is 0.426 bits per heavy atom. The summed E-state index contributed by atoms with van der Waals surface area (Å²) >= 11 is 0. The van der Waals surface area contributed by atoms with Crippen LogP contribution in [-0.4, -0.2) is 20.8 Å². The lowest BCUT2D eigenvalue weighted by atomic mass is 9.86. The summed E-state index contributed by atoms with van der Waals surface area (Å²) in [5, 5.41) is 2.41. The molecule has 0 radical (unpaired) electrons. The van der Waals surface area contributed by atoms with Crippen LogP contribution in [0.1, 0.15) is 52.7 Å². The van der Waals surface area contributed by atoms with Crippen LogP contribution in [0, 0.1) is 0 Å². The number of aromatic nitrogens is 3. The van der Waals surface area contributed by atoms with Gasteiger partial charge in [0, 0.05) is 57.7 Å². The van der Waals surface area contributed by atoms with Crippen molar-refractivity contribution in [2.75, 3.05) is 16.5 Å². The molecule has 0 N–H and O–H groups in total. The van der Waals surface area contributed by atoms with Gasteiger partial charge in [0.25, 0.3) is 0 Å². The fourth-order valence-corrected chi connectivity index (χ4v) is 10.3. The smallest absolute Gasteiger partial charge is 0.137 e. The van der Waals surface area contributed by atoms with E-state index >= 15 is 0 Å². The molecule has 11 aromatic rings. The number of nitrogens with zero attached hydrogens (tertiary/aromatic N) is 5. The van der Waals surface area contributed by atoms with Crippen LogP contribution in [0.4, 0.5) is 22.7 Å². The number of anilines is 4. The van der Waals surface area contributed by atoms with E-state index in [0.717, 1.165) is 62.1 Å². The minimum absolute atomic E-state index is 0.0413.